The minimum Gasteiger partial charge on any atom is -0.325 e. The van der Waals surface area contributed by atoms with Gasteiger partial charge in [-0.3, -0.25) is 29.4 Å². The van der Waals surface area contributed by atoms with Gasteiger partial charge in [0.2, 0.25) is 17.7 Å². The number of nitro groups is 1. The van der Waals surface area contributed by atoms with E-state index in [1.165, 1.54) is 24.3 Å². The summed E-state index contributed by atoms with van der Waals surface area (Å²) in [4.78, 5) is 48.5. The number of imide groups is 1. The predicted molar refractivity (Wildman–Crippen MR) is 86.3 cm³/mol. The van der Waals surface area contributed by atoms with E-state index in [1.807, 2.05) is 0 Å². The lowest BCUT2D eigenvalue weighted by atomic mass is 9.81. The topological polar surface area (TPSA) is 110 Å². The monoisotopic (exact) mass is 343 g/mol. The fraction of sp³-hybridized carbons (Fsp3) is 0.471. The summed E-state index contributed by atoms with van der Waals surface area (Å²) in [5, 5.41) is 13.2. The van der Waals surface area contributed by atoms with Crippen LogP contribution < -0.4 is 5.32 Å². The van der Waals surface area contributed by atoms with Gasteiger partial charge < -0.3 is 5.32 Å². The van der Waals surface area contributed by atoms with Gasteiger partial charge in [-0.05, 0) is 43.2 Å². The van der Waals surface area contributed by atoms with Crippen LogP contribution in [0, 0.1) is 33.8 Å². The van der Waals surface area contributed by atoms with Gasteiger partial charge in [0, 0.05) is 17.8 Å². The third kappa shape index (κ3) is 2.48. The van der Waals surface area contributed by atoms with E-state index in [0.717, 1.165) is 24.2 Å². The number of anilines is 1. The fourth-order valence-electron chi connectivity index (χ4n) is 4.64. The SMILES string of the molecule is O=C(CN1C(=O)[C@@H]2[C@H]3CC[C@@H](C3)[C@@H]2C1=O)Nc1ccc([N+](=O)[O-])cc1. The molecule has 130 valence electrons. The van der Waals surface area contributed by atoms with Gasteiger partial charge >= 0.3 is 0 Å². The molecule has 25 heavy (non-hydrogen) atoms. The molecule has 2 aliphatic carbocycles. The third-order valence-corrected chi connectivity index (χ3v) is 5.68. The number of hydrogen-bond acceptors (Lipinski definition) is 5. The van der Waals surface area contributed by atoms with E-state index in [0.29, 0.717) is 5.69 Å². The number of benzene rings is 1. The summed E-state index contributed by atoms with van der Waals surface area (Å²) in [6.45, 7) is -0.304. The highest BCUT2D eigenvalue weighted by Gasteiger charge is 2.60. The van der Waals surface area contributed by atoms with Crippen molar-refractivity contribution in [3.8, 4) is 0 Å². The Morgan fingerprint density at radius 3 is 2.20 bits per heavy atom. The van der Waals surface area contributed by atoms with Crippen LogP contribution >= 0.6 is 0 Å². The highest BCUT2D eigenvalue weighted by molar-refractivity contribution is 6.09. The summed E-state index contributed by atoms with van der Waals surface area (Å²) >= 11 is 0. The highest BCUT2D eigenvalue weighted by atomic mass is 16.6. The van der Waals surface area contributed by atoms with Crippen LogP contribution in [0.4, 0.5) is 11.4 Å². The maximum atomic E-state index is 12.5. The summed E-state index contributed by atoms with van der Waals surface area (Å²) in [6.07, 6.45) is 2.94. The predicted octanol–water partition coefficient (Wildman–Crippen LogP) is 1.56. The van der Waals surface area contributed by atoms with E-state index in [9.17, 15) is 24.5 Å². The lowest BCUT2D eigenvalue weighted by molar-refractivity contribution is -0.384. The summed E-state index contributed by atoms with van der Waals surface area (Å²) in [5.41, 5.74) is 0.307. The van der Waals surface area contributed by atoms with Crippen LogP contribution in [0.1, 0.15) is 19.3 Å². The molecule has 4 atom stereocenters. The maximum absolute atomic E-state index is 12.5. The fourth-order valence-corrected chi connectivity index (χ4v) is 4.64. The second kappa shape index (κ2) is 5.65. The normalized spacial score (nSPS) is 29.8. The molecular formula is C17H17N3O5. The van der Waals surface area contributed by atoms with Crippen molar-refractivity contribution in [3.63, 3.8) is 0 Å². The van der Waals surface area contributed by atoms with Gasteiger partial charge in [0.1, 0.15) is 6.54 Å². The quantitative estimate of drug-likeness (QED) is 0.507. The summed E-state index contributed by atoms with van der Waals surface area (Å²) in [6, 6.07) is 5.39. The van der Waals surface area contributed by atoms with Crippen LogP contribution in [0.15, 0.2) is 24.3 Å². The summed E-state index contributed by atoms with van der Waals surface area (Å²) in [7, 11) is 0. The molecule has 0 spiro atoms. The number of nitrogens with zero attached hydrogens (tertiary/aromatic N) is 2. The Morgan fingerprint density at radius 1 is 1.12 bits per heavy atom. The van der Waals surface area contributed by atoms with Crippen molar-refractivity contribution in [1.29, 1.82) is 0 Å². The number of nitro benzene ring substituents is 1. The van der Waals surface area contributed by atoms with E-state index in [2.05, 4.69) is 5.32 Å². The molecule has 3 fully saturated rings. The summed E-state index contributed by atoms with van der Waals surface area (Å²) in [5.74, 6) is -0.829. The molecule has 1 aromatic rings. The zero-order valence-corrected chi connectivity index (χ0v) is 13.4. The molecule has 2 bridgehead atoms. The van der Waals surface area contributed by atoms with E-state index in [1.54, 1.807) is 0 Å². The van der Waals surface area contributed by atoms with Crippen LogP contribution in [0.5, 0.6) is 0 Å². The number of rotatable bonds is 4. The number of hydrogen-bond donors (Lipinski definition) is 1. The number of nitrogens with one attached hydrogen (secondary N) is 1. The van der Waals surface area contributed by atoms with E-state index in [4.69, 9.17) is 0 Å². The number of carbonyl (C=O) groups is 3. The van der Waals surface area contributed by atoms with Crippen molar-refractivity contribution >= 4 is 29.1 Å². The molecule has 3 aliphatic rings. The third-order valence-electron chi connectivity index (χ3n) is 5.68. The zero-order chi connectivity index (χ0) is 17.7. The lowest BCUT2D eigenvalue weighted by Crippen LogP contribution is -2.39. The number of amides is 3. The molecule has 1 saturated heterocycles. The molecule has 4 rings (SSSR count). The van der Waals surface area contributed by atoms with Crippen molar-refractivity contribution in [2.24, 2.45) is 23.7 Å². The van der Waals surface area contributed by atoms with Crippen molar-refractivity contribution in [2.75, 3.05) is 11.9 Å². The van der Waals surface area contributed by atoms with E-state index < -0.39 is 10.8 Å². The molecule has 3 amide bonds. The molecular weight excluding hydrogens is 326 g/mol. The molecule has 0 unspecified atom stereocenters. The molecule has 1 N–H and O–H groups in total. The minimum atomic E-state index is -0.528. The van der Waals surface area contributed by atoms with Gasteiger partial charge in [-0.1, -0.05) is 0 Å². The van der Waals surface area contributed by atoms with Crippen molar-refractivity contribution in [3.05, 3.63) is 34.4 Å². The summed E-state index contributed by atoms with van der Waals surface area (Å²) < 4.78 is 0. The molecule has 2 saturated carbocycles. The van der Waals surface area contributed by atoms with Crippen molar-refractivity contribution in [1.82, 2.24) is 4.90 Å². The van der Waals surface area contributed by atoms with Gasteiger partial charge in [0.15, 0.2) is 0 Å². The Labute approximate surface area is 143 Å². The molecule has 8 heteroatoms. The molecule has 8 nitrogen and oxygen atoms in total. The number of likely N-dealkylation sites (tertiary alicyclic amines) is 1. The van der Waals surface area contributed by atoms with Crippen LogP contribution in [0.2, 0.25) is 0 Å². The van der Waals surface area contributed by atoms with Crippen molar-refractivity contribution < 1.29 is 19.3 Å². The average Bonchev–Trinajstić information content (AvgIpc) is 3.25. The Hall–Kier alpha value is -2.77. The number of carbonyl (C=O) groups excluding carboxylic acids is 3. The largest absolute Gasteiger partial charge is 0.325 e. The average molecular weight is 343 g/mol. The molecule has 1 aliphatic heterocycles. The first-order chi connectivity index (χ1) is 12.0. The van der Waals surface area contributed by atoms with Crippen LogP contribution in [0.3, 0.4) is 0 Å². The molecule has 0 radical (unpaired) electrons. The molecule has 1 heterocycles. The van der Waals surface area contributed by atoms with Gasteiger partial charge in [0.25, 0.3) is 5.69 Å². The smallest absolute Gasteiger partial charge is 0.269 e. The van der Waals surface area contributed by atoms with Gasteiger partial charge in [-0.15, -0.1) is 0 Å². The lowest BCUT2D eigenvalue weighted by Gasteiger charge is -2.19. The number of fused-ring (bicyclic) bond motifs is 5. The minimum absolute atomic E-state index is 0.0776. The van der Waals surface area contributed by atoms with E-state index >= 15 is 0 Å². The van der Waals surface area contributed by atoms with Crippen molar-refractivity contribution in [2.45, 2.75) is 19.3 Å². The zero-order valence-electron chi connectivity index (χ0n) is 13.4. The van der Waals surface area contributed by atoms with E-state index in [-0.39, 0.29) is 47.7 Å². The first-order valence-corrected chi connectivity index (χ1v) is 8.35. The Morgan fingerprint density at radius 2 is 1.68 bits per heavy atom. The first-order valence-electron chi connectivity index (χ1n) is 8.35. The Bertz CT molecular complexity index is 747. The van der Waals surface area contributed by atoms with Crippen LogP contribution in [-0.4, -0.2) is 34.1 Å². The maximum Gasteiger partial charge on any atom is 0.269 e. The standard InChI is InChI=1S/C17H17N3O5/c21-13(18-11-3-5-12(6-4-11)20(24)25)8-19-16(22)14-9-1-2-10(7-9)15(14)17(19)23/h3-6,9-10,14-15H,1-2,7-8H2,(H,18,21)/t9-,10-,14-,15+/m0/s1. The number of non-ortho nitro benzene ring substituents is 1. The van der Waals surface area contributed by atoms with Gasteiger partial charge in [-0.25, -0.2) is 0 Å². The second-order valence-electron chi connectivity index (χ2n) is 7.00. The molecule has 0 aromatic heterocycles. The highest BCUT2D eigenvalue weighted by Crippen LogP contribution is 2.56. The first kappa shape index (κ1) is 15.7. The Balaban J connectivity index is 1.42. The second-order valence-corrected chi connectivity index (χ2v) is 7.00. The molecule has 1 aromatic carbocycles. The van der Waals surface area contributed by atoms with Crippen LogP contribution in [-0.2, 0) is 14.4 Å². The van der Waals surface area contributed by atoms with Crippen LogP contribution in [0.25, 0.3) is 0 Å². The Kier molecular flexibility index (Phi) is 3.55. The van der Waals surface area contributed by atoms with Gasteiger partial charge in [0.05, 0.1) is 16.8 Å². The van der Waals surface area contributed by atoms with Gasteiger partial charge in [-0.2, -0.15) is 0 Å².